The fraction of sp³-hybridized carbons (Fsp3) is 0. The maximum atomic E-state index is 12.5. The van der Waals surface area contributed by atoms with Gasteiger partial charge in [0.05, 0.1) is 10.6 Å². The Bertz CT molecular complexity index is 1040. The zero-order valence-electron chi connectivity index (χ0n) is 14.6. The first-order valence-electron chi connectivity index (χ1n) is 7.90. The number of halogens is 1. The predicted octanol–water partition coefficient (Wildman–Crippen LogP) is 5.45. The number of hydrogen-bond acceptors (Lipinski definition) is 4. The molecule has 2 N–H and O–H groups in total. The zero-order valence-corrected chi connectivity index (χ0v) is 16.2. The van der Waals surface area contributed by atoms with Crippen molar-refractivity contribution in [1.29, 1.82) is 5.26 Å². The van der Waals surface area contributed by atoms with E-state index in [2.05, 4.69) is 18.5 Å². The molecule has 0 bridgehead atoms. The van der Waals surface area contributed by atoms with Gasteiger partial charge in [0, 0.05) is 10.4 Å². The van der Waals surface area contributed by atoms with Gasteiger partial charge in [0.1, 0.15) is 17.2 Å². The summed E-state index contributed by atoms with van der Waals surface area (Å²) in [6, 6.07) is 8.51. The number of nitrogens with zero attached hydrogens (tertiary/aromatic N) is 1. The molecule has 28 heavy (non-hydrogen) atoms. The molecule has 0 unspecified atom stereocenters. The third-order valence-electron chi connectivity index (χ3n) is 3.58. The summed E-state index contributed by atoms with van der Waals surface area (Å²) in [7, 11) is 0. The number of benzene rings is 1. The van der Waals surface area contributed by atoms with Crippen LogP contribution in [0, 0.1) is 11.3 Å². The van der Waals surface area contributed by atoms with E-state index in [1.807, 2.05) is 0 Å². The second-order valence-electron chi connectivity index (χ2n) is 5.40. The molecule has 2 rings (SSSR count). The molecule has 1 aromatic heterocycles. The van der Waals surface area contributed by atoms with Crippen LogP contribution in [0.3, 0.4) is 0 Å². The Kier molecular flexibility index (Phi) is 7.10. The number of carboxylic acids is 1. The number of thiophene rings is 1. The van der Waals surface area contributed by atoms with Crippen LogP contribution in [0.2, 0.25) is 5.02 Å². The minimum atomic E-state index is -1.19. The van der Waals surface area contributed by atoms with Crippen molar-refractivity contribution >= 4 is 40.5 Å². The van der Waals surface area contributed by atoms with Crippen LogP contribution in [0.1, 0.15) is 10.4 Å². The molecule has 0 spiro atoms. The quantitative estimate of drug-likeness (QED) is 0.360. The SMILES string of the molecule is C=C/C=C(C=C)/C=C(\C#N)C(=O)Nc1csc(-c2ccc(Cl)cc2)c1C(=O)O. The lowest BCUT2D eigenvalue weighted by Crippen LogP contribution is -2.15. The van der Waals surface area contributed by atoms with Gasteiger partial charge in [-0.3, -0.25) is 4.79 Å². The first-order chi connectivity index (χ1) is 13.4. The summed E-state index contributed by atoms with van der Waals surface area (Å²) in [6.45, 7) is 7.16. The predicted molar refractivity (Wildman–Crippen MR) is 113 cm³/mol. The molecule has 140 valence electrons. The minimum Gasteiger partial charge on any atom is -0.478 e. The summed E-state index contributed by atoms with van der Waals surface area (Å²) in [5, 5.41) is 23.5. The minimum absolute atomic E-state index is 0.0523. The molecule has 1 aromatic carbocycles. The lowest BCUT2D eigenvalue weighted by Gasteiger charge is -2.06. The fourth-order valence-corrected chi connectivity index (χ4v) is 3.42. The van der Waals surface area contributed by atoms with Crippen LogP contribution in [0.4, 0.5) is 5.69 Å². The summed E-state index contributed by atoms with van der Waals surface area (Å²) in [4.78, 5) is 24.7. The van der Waals surface area contributed by atoms with Crippen LogP contribution < -0.4 is 5.32 Å². The van der Waals surface area contributed by atoms with Gasteiger partial charge in [0.2, 0.25) is 0 Å². The van der Waals surface area contributed by atoms with Crippen molar-refractivity contribution < 1.29 is 14.7 Å². The van der Waals surface area contributed by atoms with Crippen molar-refractivity contribution in [3.05, 3.63) is 88.8 Å². The maximum Gasteiger partial charge on any atom is 0.339 e. The van der Waals surface area contributed by atoms with Gasteiger partial charge in [-0.25, -0.2) is 4.79 Å². The number of rotatable bonds is 7. The highest BCUT2D eigenvalue weighted by Gasteiger charge is 2.22. The molecule has 0 saturated heterocycles. The number of carboxylic acid groups (broad SMARTS) is 1. The average molecular weight is 411 g/mol. The topological polar surface area (TPSA) is 90.2 Å². The van der Waals surface area contributed by atoms with Crippen molar-refractivity contribution in [2.45, 2.75) is 0 Å². The van der Waals surface area contributed by atoms with E-state index in [1.165, 1.54) is 34.9 Å². The van der Waals surface area contributed by atoms with Crippen LogP contribution >= 0.6 is 22.9 Å². The Labute approximate surface area is 171 Å². The molecule has 1 heterocycles. The number of aromatic carboxylic acids is 1. The third-order valence-corrected chi connectivity index (χ3v) is 4.86. The van der Waals surface area contributed by atoms with E-state index in [-0.39, 0.29) is 16.8 Å². The van der Waals surface area contributed by atoms with Crippen molar-refractivity contribution in [2.75, 3.05) is 5.32 Å². The zero-order chi connectivity index (χ0) is 20.7. The third kappa shape index (κ3) is 4.86. The molecule has 0 radical (unpaired) electrons. The highest BCUT2D eigenvalue weighted by atomic mass is 35.5. The summed E-state index contributed by atoms with van der Waals surface area (Å²) in [5.74, 6) is -1.91. The Morgan fingerprint density at radius 1 is 1.25 bits per heavy atom. The molecule has 0 aliphatic rings. The first kappa shape index (κ1) is 20.9. The summed E-state index contributed by atoms with van der Waals surface area (Å²) >= 11 is 7.05. The van der Waals surface area contributed by atoms with Crippen LogP contribution in [-0.2, 0) is 4.79 Å². The number of anilines is 1. The van der Waals surface area contributed by atoms with Crippen molar-refractivity contribution in [3.8, 4) is 16.5 Å². The highest BCUT2D eigenvalue weighted by molar-refractivity contribution is 7.14. The molecule has 0 saturated carbocycles. The van der Waals surface area contributed by atoms with Crippen molar-refractivity contribution in [3.63, 3.8) is 0 Å². The molecule has 1 amide bonds. The number of allylic oxidation sites excluding steroid dienone is 5. The second-order valence-corrected chi connectivity index (χ2v) is 6.71. The average Bonchev–Trinajstić information content (AvgIpc) is 3.09. The van der Waals surface area contributed by atoms with Crippen LogP contribution in [0.25, 0.3) is 10.4 Å². The molecular formula is C21H15ClN2O3S. The van der Waals surface area contributed by atoms with Gasteiger partial charge in [0.25, 0.3) is 5.91 Å². The second kappa shape index (κ2) is 9.51. The standard InChI is InChI=1S/C21H15ClN2O3S/c1-3-5-13(4-2)10-15(11-23)20(25)24-17-12-28-19(18(17)21(26)27)14-6-8-16(22)9-7-14/h3-10,12H,1-2H2,(H,24,25)(H,26,27)/b13-5+,15-10+. The van der Waals surface area contributed by atoms with E-state index in [9.17, 15) is 20.0 Å². The Hall–Kier alpha value is -3.40. The lowest BCUT2D eigenvalue weighted by atomic mass is 10.1. The van der Waals surface area contributed by atoms with E-state index in [0.29, 0.717) is 21.0 Å². The summed E-state index contributed by atoms with van der Waals surface area (Å²) in [5.41, 5.74) is 1.05. The molecule has 0 aliphatic carbocycles. The van der Waals surface area contributed by atoms with E-state index in [0.717, 1.165) is 0 Å². The number of nitrogens with one attached hydrogen (secondary N) is 1. The fourth-order valence-electron chi connectivity index (χ4n) is 2.29. The van der Waals surface area contributed by atoms with Crippen molar-refractivity contribution in [2.24, 2.45) is 0 Å². The van der Waals surface area contributed by atoms with E-state index in [1.54, 1.807) is 36.4 Å². The van der Waals surface area contributed by atoms with Crippen LogP contribution in [0.5, 0.6) is 0 Å². The molecule has 0 fully saturated rings. The lowest BCUT2D eigenvalue weighted by molar-refractivity contribution is -0.112. The number of hydrogen-bond donors (Lipinski definition) is 2. The van der Waals surface area contributed by atoms with E-state index >= 15 is 0 Å². The molecular weight excluding hydrogens is 396 g/mol. The van der Waals surface area contributed by atoms with Gasteiger partial charge in [-0.05, 0) is 29.3 Å². The summed E-state index contributed by atoms with van der Waals surface area (Å²) < 4.78 is 0. The largest absolute Gasteiger partial charge is 0.478 e. The van der Waals surface area contributed by atoms with E-state index in [4.69, 9.17) is 11.6 Å². The van der Waals surface area contributed by atoms with Crippen LogP contribution in [0.15, 0.2) is 78.3 Å². The molecule has 5 nitrogen and oxygen atoms in total. The molecule has 0 aliphatic heterocycles. The normalized spacial score (nSPS) is 11.4. The van der Waals surface area contributed by atoms with Crippen molar-refractivity contribution in [1.82, 2.24) is 0 Å². The number of amides is 1. The van der Waals surface area contributed by atoms with Gasteiger partial charge in [-0.1, -0.05) is 55.1 Å². The van der Waals surface area contributed by atoms with Crippen LogP contribution in [-0.4, -0.2) is 17.0 Å². The molecule has 7 heteroatoms. The summed E-state index contributed by atoms with van der Waals surface area (Å²) in [6.07, 6.45) is 5.90. The Balaban J connectivity index is 2.41. The van der Waals surface area contributed by atoms with Gasteiger partial charge in [-0.2, -0.15) is 5.26 Å². The monoisotopic (exact) mass is 410 g/mol. The Morgan fingerprint density at radius 3 is 2.46 bits per heavy atom. The highest BCUT2D eigenvalue weighted by Crippen LogP contribution is 2.36. The van der Waals surface area contributed by atoms with Gasteiger partial charge >= 0.3 is 5.97 Å². The first-order valence-corrected chi connectivity index (χ1v) is 9.16. The number of carbonyl (C=O) groups is 2. The smallest absolute Gasteiger partial charge is 0.339 e. The van der Waals surface area contributed by atoms with Gasteiger partial charge in [0.15, 0.2) is 0 Å². The van der Waals surface area contributed by atoms with E-state index < -0.39 is 11.9 Å². The van der Waals surface area contributed by atoms with Gasteiger partial charge < -0.3 is 10.4 Å². The molecule has 2 aromatic rings. The number of carbonyl (C=O) groups excluding carboxylic acids is 1. The van der Waals surface area contributed by atoms with Gasteiger partial charge in [-0.15, -0.1) is 11.3 Å². The maximum absolute atomic E-state index is 12.5. The molecule has 0 atom stereocenters. The Morgan fingerprint density at radius 2 is 1.93 bits per heavy atom. The number of nitriles is 1.